The van der Waals surface area contributed by atoms with Crippen LogP contribution in [0.2, 0.25) is 0 Å². The van der Waals surface area contributed by atoms with Crippen LogP contribution in [0.5, 0.6) is 11.7 Å². The zero-order chi connectivity index (χ0) is 13.2. The third-order valence-corrected chi connectivity index (χ3v) is 2.66. The van der Waals surface area contributed by atoms with E-state index in [1.807, 2.05) is 24.3 Å². The summed E-state index contributed by atoms with van der Waals surface area (Å²) in [6.45, 7) is 6.48. The molecule has 0 atom stereocenters. The summed E-state index contributed by atoms with van der Waals surface area (Å²) < 4.78 is 10.6. The lowest BCUT2D eigenvalue weighted by Gasteiger charge is -2.18. The molecule has 1 aromatic heterocycles. The van der Waals surface area contributed by atoms with Gasteiger partial charge in [-0.25, -0.2) is 0 Å². The summed E-state index contributed by atoms with van der Waals surface area (Å²) in [4.78, 5) is 10.5. The van der Waals surface area contributed by atoms with E-state index in [1.54, 1.807) is 12.1 Å². The highest BCUT2D eigenvalue weighted by molar-refractivity contribution is 5.70. The van der Waals surface area contributed by atoms with Gasteiger partial charge in [0.25, 0.3) is 5.95 Å². The van der Waals surface area contributed by atoms with E-state index in [4.69, 9.17) is 9.15 Å². The SMILES string of the molecule is CC(C)(C)c1ccc(Oc2ccc(C=O)o2)cc1. The first kappa shape index (κ1) is 12.4. The third-order valence-electron chi connectivity index (χ3n) is 2.66. The quantitative estimate of drug-likeness (QED) is 0.760. The van der Waals surface area contributed by atoms with Gasteiger partial charge in [0.2, 0.25) is 0 Å². The first-order valence-electron chi connectivity index (χ1n) is 5.82. The van der Waals surface area contributed by atoms with Crippen LogP contribution in [0.1, 0.15) is 36.9 Å². The predicted molar refractivity (Wildman–Crippen MR) is 69.3 cm³/mol. The minimum absolute atomic E-state index is 0.119. The summed E-state index contributed by atoms with van der Waals surface area (Å²) in [7, 11) is 0. The number of benzene rings is 1. The van der Waals surface area contributed by atoms with Crippen molar-refractivity contribution in [3.05, 3.63) is 47.7 Å². The molecule has 0 radical (unpaired) electrons. The zero-order valence-electron chi connectivity index (χ0n) is 10.8. The van der Waals surface area contributed by atoms with Gasteiger partial charge in [-0.15, -0.1) is 0 Å². The number of carbonyl (C=O) groups is 1. The first-order valence-corrected chi connectivity index (χ1v) is 5.82. The molecule has 0 saturated heterocycles. The van der Waals surface area contributed by atoms with E-state index in [9.17, 15) is 4.79 Å². The Morgan fingerprint density at radius 2 is 1.72 bits per heavy atom. The largest absolute Gasteiger partial charge is 0.426 e. The maximum absolute atomic E-state index is 10.5. The number of rotatable bonds is 3. The number of hydrogen-bond donors (Lipinski definition) is 0. The molecule has 0 spiro atoms. The Morgan fingerprint density at radius 3 is 2.22 bits per heavy atom. The molecule has 0 N–H and O–H groups in total. The summed E-state index contributed by atoms with van der Waals surface area (Å²) in [6.07, 6.45) is 0.648. The molecule has 0 fully saturated rings. The van der Waals surface area contributed by atoms with E-state index < -0.39 is 0 Å². The molecule has 1 aromatic carbocycles. The fourth-order valence-electron chi connectivity index (χ4n) is 1.59. The van der Waals surface area contributed by atoms with E-state index in [0.29, 0.717) is 18.0 Å². The number of carbonyl (C=O) groups excluding carboxylic acids is 1. The molecule has 0 aliphatic rings. The molecule has 94 valence electrons. The topological polar surface area (TPSA) is 39.4 Å². The van der Waals surface area contributed by atoms with E-state index >= 15 is 0 Å². The summed E-state index contributed by atoms with van der Waals surface area (Å²) in [5.41, 5.74) is 1.36. The average molecular weight is 244 g/mol. The molecule has 0 aliphatic heterocycles. The Kier molecular flexibility index (Phi) is 3.24. The number of ether oxygens (including phenoxy) is 1. The van der Waals surface area contributed by atoms with E-state index in [2.05, 4.69) is 20.8 Å². The summed E-state index contributed by atoms with van der Waals surface area (Å²) >= 11 is 0. The number of aldehydes is 1. The monoisotopic (exact) mass is 244 g/mol. The van der Waals surface area contributed by atoms with Gasteiger partial charge < -0.3 is 9.15 Å². The van der Waals surface area contributed by atoms with Crippen molar-refractivity contribution in [2.75, 3.05) is 0 Å². The molecule has 1 heterocycles. The van der Waals surface area contributed by atoms with E-state index in [-0.39, 0.29) is 11.2 Å². The Balaban J connectivity index is 2.13. The van der Waals surface area contributed by atoms with Gasteiger partial charge in [-0.1, -0.05) is 32.9 Å². The Morgan fingerprint density at radius 1 is 1.06 bits per heavy atom. The normalized spacial score (nSPS) is 11.3. The zero-order valence-corrected chi connectivity index (χ0v) is 10.8. The maximum atomic E-state index is 10.5. The van der Waals surface area contributed by atoms with Crippen LogP contribution in [0.15, 0.2) is 40.8 Å². The molecule has 3 nitrogen and oxygen atoms in total. The van der Waals surface area contributed by atoms with Crippen LogP contribution < -0.4 is 4.74 Å². The second kappa shape index (κ2) is 4.69. The molecule has 2 aromatic rings. The van der Waals surface area contributed by atoms with Gasteiger partial charge in [0.1, 0.15) is 5.75 Å². The Bertz CT molecular complexity index is 530. The van der Waals surface area contributed by atoms with Gasteiger partial charge in [-0.2, -0.15) is 0 Å². The molecular formula is C15H16O3. The highest BCUT2D eigenvalue weighted by Gasteiger charge is 2.13. The molecule has 0 bridgehead atoms. The molecule has 2 rings (SSSR count). The van der Waals surface area contributed by atoms with Crippen LogP contribution in [-0.2, 0) is 5.41 Å². The second-order valence-electron chi connectivity index (χ2n) is 5.15. The number of furan rings is 1. The highest BCUT2D eigenvalue weighted by Crippen LogP contribution is 2.27. The molecule has 0 saturated carbocycles. The summed E-state index contributed by atoms with van der Waals surface area (Å²) in [6, 6.07) is 11.0. The molecule has 0 unspecified atom stereocenters. The van der Waals surface area contributed by atoms with Gasteiger partial charge in [0.15, 0.2) is 12.0 Å². The van der Waals surface area contributed by atoms with Crippen LogP contribution in [-0.4, -0.2) is 6.29 Å². The lowest BCUT2D eigenvalue weighted by molar-refractivity contribution is 0.109. The van der Waals surface area contributed by atoms with Crippen LogP contribution in [0.4, 0.5) is 0 Å². The Hall–Kier alpha value is -2.03. The molecular weight excluding hydrogens is 228 g/mol. The lowest BCUT2D eigenvalue weighted by Crippen LogP contribution is -2.10. The van der Waals surface area contributed by atoms with Crippen molar-refractivity contribution in [1.82, 2.24) is 0 Å². The van der Waals surface area contributed by atoms with E-state index in [0.717, 1.165) is 0 Å². The molecule has 0 aliphatic carbocycles. The molecule has 0 amide bonds. The van der Waals surface area contributed by atoms with Crippen LogP contribution in [0, 0.1) is 0 Å². The van der Waals surface area contributed by atoms with Gasteiger partial charge in [0.05, 0.1) is 0 Å². The van der Waals surface area contributed by atoms with Crippen molar-refractivity contribution in [1.29, 1.82) is 0 Å². The molecule has 3 heteroatoms. The van der Waals surface area contributed by atoms with E-state index in [1.165, 1.54) is 5.56 Å². The highest BCUT2D eigenvalue weighted by atomic mass is 16.6. The Labute approximate surface area is 106 Å². The van der Waals surface area contributed by atoms with Crippen LogP contribution in [0.25, 0.3) is 0 Å². The fraction of sp³-hybridized carbons (Fsp3) is 0.267. The number of hydrogen-bond acceptors (Lipinski definition) is 3. The van der Waals surface area contributed by atoms with Crippen LogP contribution in [0.3, 0.4) is 0 Å². The lowest BCUT2D eigenvalue weighted by atomic mass is 9.87. The standard InChI is InChI=1S/C15H16O3/c1-15(2,3)11-4-6-12(7-5-11)17-14-9-8-13(10-16)18-14/h4-10H,1-3H3. The van der Waals surface area contributed by atoms with Gasteiger partial charge >= 0.3 is 0 Å². The fourth-order valence-corrected chi connectivity index (χ4v) is 1.59. The minimum Gasteiger partial charge on any atom is -0.426 e. The average Bonchev–Trinajstić information content (AvgIpc) is 2.76. The van der Waals surface area contributed by atoms with Crippen molar-refractivity contribution in [3.8, 4) is 11.7 Å². The smallest absolute Gasteiger partial charge is 0.290 e. The van der Waals surface area contributed by atoms with Gasteiger partial charge in [-0.3, -0.25) is 4.79 Å². The maximum Gasteiger partial charge on any atom is 0.290 e. The van der Waals surface area contributed by atoms with Gasteiger partial charge in [0, 0.05) is 6.07 Å². The minimum atomic E-state index is 0.119. The van der Waals surface area contributed by atoms with Crippen molar-refractivity contribution < 1.29 is 13.9 Å². The van der Waals surface area contributed by atoms with Crippen molar-refractivity contribution in [2.24, 2.45) is 0 Å². The third kappa shape index (κ3) is 2.80. The second-order valence-corrected chi connectivity index (χ2v) is 5.15. The summed E-state index contributed by atoms with van der Waals surface area (Å²) in [5.74, 6) is 1.27. The summed E-state index contributed by atoms with van der Waals surface area (Å²) in [5, 5.41) is 0. The molecule has 18 heavy (non-hydrogen) atoms. The van der Waals surface area contributed by atoms with Gasteiger partial charge in [-0.05, 0) is 29.2 Å². The predicted octanol–water partition coefficient (Wildman–Crippen LogP) is 4.18. The van der Waals surface area contributed by atoms with Crippen molar-refractivity contribution >= 4 is 6.29 Å². The van der Waals surface area contributed by atoms with Crippen molar-refractivity contribution in [3.63, 3.8) is 0 Å². The van der Waals surface area contributed by atoms with Crippen LogP contribution >= 0.6 is 0 Å². The van der Waals surface area contributed by atoms with Crippen molar-refractivity contribution in [2.45, 2.75) is 26.2 Å². The first-order chi connectivity index (χ1) is 8.49.